The summed E-state index contributed by atoms with van der Waals surface area (Å²) in [6.45, 7) is 5.44. The predicted molar refractivity (Wildman–Crippen MR) is 129 cm³/mol. The Labute approximate surface area is 190 Å². The first-order valence-corrected chi connectivity index (χ1v) is 11.8. The van der Waals surface area contributed by atoms with E-state index < -0.39 is 0 Å². The molecule has 0 aromatic heterocycles. The van der Waals surface area contributed by atoms with E-state index in [0.717, 1.165) is 50.4 Å². The lowest BCUT2D eigenvalue weighted by molar-refractivity contribution is -0.149. The van der Waals surface area contributed by atoms with Crippen LogP contribution in [0.1, 0.15) is 43.4 Å². The molecular weight excluding hydrogens is 394 g/mol. The highest BCUT2D eigenvalue weighted by molar-refractivity contribution is 6.02. The monoisotopic (exact) mass is 423 g/mol. The van der Waals surface area contributed by atoms with Gasteiger partial charge in [0.2, 0.25) is 5.72 Å². The summed E-state index contributed by atoms with van der Waals surface area (Å²) in [5.41, 5.74) is 5.77. The molecule has 1 spiro atoms. The van der Waals surface area contributed by atoms with Gasteiger partial charge in [-0.05, 0) is 29.3 Å². The molecule has 1 atom stereocenters. The highest BCUT2D eigenvalue weighted by atomic mass is 16.5. The summed E-state index contributed by atoms with van der Waals surface area (Å²) >= 11 is 0. The molecule has 3 heterocycles. The molecule has 3 aromatic carbocycles. The molecule has 4 nitrogen and oxygen atoms in total. The molecule has 6 rings (SSSR count). The highest BCUT2D eigenvalue weighted by Crippen LogP contribution is 2.49. The zero-order valence-corrected chi connectivity index (χ0v) is 18.6. The molecule has 0 radical (unpaired) electrons. The standard InChI is InChI=1S/C28H29N3O/c1-2-30-18-16-28(17-19-30)31-26(24-10-6-7-11-27(24)32-28)20-25(29-31)23-14-12-22(13-15-23)21-8-4-3-5-9-21/h3-15,26H,2,16-20H2,1H3/t26-/m0/s1. The van der Waals surface area contributed by atoms with Crippen molar-refractivity contribution in [3.05, 3.63) is 90.0 Å². The molecular formula is C28H29N3O. The average molecular weight is 424 g/mol. The number of likely N-dealkylation sites (tertiary alicyclic amines) is 1. The van der Waals surface area contributed by atoms with Gasteiger partial charge in [-0.25, -0.2) is 5.01 Å². The van der Waals surface area contributed by atoms with Crippen molar-refractivity contribution in [2.75, 3.05) is 19.6 Å². The van der Waals surface area contributed by atoms with Crippen LogP contribution in [-0.2, 0) is 0 Å². The van der Waals surface area contributed by atoms with Crippen molar-refractivity contribution < 1.29 is 4.74 Å². The molecule has 1 saturated heterocycles. The smallest absolute Gasteiger partial charge is 0.200 e. The predicted octanol–water partition coefficient (Wildman–Crippen LogP) is 5.71. The van der Waals surface area contributed by atoms with E-state index in [9.17, 15) is 0 Å². The fourth-order valence-corrected chi connectivity index (χ4v) is 5.44. The Morgan fingerprint density at radius 2 is 1.50 bits per heavy atom. The van der Waals surface area contributed by atoms with Crippen molar-refractivity contribution in [2.24, 2.45) is 5.10 Å². The minimum absolute atomic E-state index is 0.247. The second-order valence-corrected chi connectivity index (χ2v) is 9.07. The van der Waals surface area contributed by atoms with Gasteiger partial charge < -0.3 is 9.64 Å². The van der Waals surface area contributed by atoms with Crippen LogP contribution in [0.2, 0.25) is 0 Å². The molecule has 3 aromatic rings. The summed E-state index contributed by atoms with van der Waals surface area (Å²) in [7, 11) is 0. The molecule has 0 N–H and O–H groups in total. The van der Waals surface area contributed by atoms with Crippen LogP contribution in [0, 0.1) is 0 Å². The van der Waals surface area contributed by atoms with Gasteiger partial charge in [0.15, 0.2) is 0 Å². The summed E-state index contributed by atoms with van der Waals surface area (Å²) < 4.78 is 6.72. The molecule has 1 fully saturated rings. The summed E-state index contributed by atoms with van der Waals surface area (Å²) in [5.74, 6) is 1.04. The van der Waals surface area contributed by atoms with Crippen LogP contribution in [0.5, 0.6) is 5.75 Å². The lowest BCUT2D eigenvalue weighted by Crippen LogP contribution is -2.59. The number of piperidine rings is 1. The molecule has 3 aliphatic rings. The number of ether oxygens (including phenoxy) is 1. The average Bonchev–Trinajstić information content (AvgIpc) is 3.32. The van der Waals surface area contributed by atoms with Gasteiger partial charge in [-0.15, -0.1) is 0 Å². The number of benzene rings is 3. The van der Waals surface area contributed by atoms with Gasteiger partial charge in [0.1, 0.15) is 5.75 Å². The Kier molecular flexibility index (Phi) is 4.76. The number of para-hydroxylation sites is 1. The van der Waals surface area contributed by atoms with Gasteiger partial charge in [-0.1, -0.05) is 79.7 Å². The molecule has 0 bridgehead atoms. The number of hydrogen-bond acceptors (Lipinski definition) is 4. The molecule has 4 heteroatoms. The molecule has 32 heavy (non-hydrogen) atoms. The Hall–Kier alpha value is -3.11. The summed E-state index contributed by atoms with van der Waals surface area (Å²) in [6, 6.07) is 28.2. The van der Waals surface area contributed by atoms with Crippen molar-refractivity contribution in [3.8, 4) is 16.9 Å². The molecule has 162 valence electrons. The van der Waals surface area contributed by atoms with Crippen molar-refractivity contribution in [2.45, 2.75) is 38.0 Å². The third kappa shape index (κ3) is 3.21. The van der Waals surface area contributed by atoms with Gasteiger partial charge in [0.25, 0.3) is 0 Å². The van der Waals surface area contributed by atoms with Crippen molar-refractivity contribution in [1.82, 2.24) is 9.91 Å². The van der Waals surface area contributed by atoms with Crippen LogP contribution in [0.25, 0.3) is 11.1 Å². The largest absolute Gasteiger partial charge is 0.466 e. The molecule has 0 aliphatic carbocycles. The van der Waals surface area contributed by atoms with Crippen molar-refractivity contribution in [1.29, 1.82) is 0 Å². The normalized spacial score (nSPS) is 21.6. The lowest BCUT2D eigenvalue weighted by atomic mass is 9.90. The quantitative estimate of drug-likeness (QED) is 0.540. The van der Waals surface area contributed by atoms with Crippen LogP contribution in [0.3, 0.4) is 0 Å². The molecule has 0 unspecified atom stereocenters. The summed E-state index contributed by atoms with van der Waals surface area (Å²) in [5, 5.41) is 7.52. The topological polar surface area (TPSA) is 28.1 Å². The molecule has 0 saturated carbocycles. The van der Waals surface area contributed by atoms with Crippen LogP contribution in [0.4, 0.5) is 0 Å². The highest BCUT2D eigenvalue weighted by Gasteiger charge is 2.51. The SMILES string of the molecule is CCN1CCC2(CC1)Oc1ccccc1[C@@H]1CC(c3ccc(-c4ccccc4)cc3)=NN12. The first-order chi connectivity index (χ1) is 15.8. The minimum atomic E-state index is -0.337. The van der Waals surface area contributed by atoms with E-state index in [-0.39, 0.29) is 11.8 Å². The number of fused-ring (bicyclic) bond motifs is 4. The van der Waals surface area contributed by atoms with E-state index in [4.69, 9.17) is 9.84 Å². The van der Waals surface area contributed by atoms with E-state index in [0.29, 0.717) is 0 Å². The second kappa shape index (κ2) is 7.79. The third-order valence-corrected chi connectivity index (χ3v) is 7.32. The first kappa shape index (κ1) is 19.6. The van der Waals surface area contributed by atoms with Gasteiger partial charge in [-0.2, -0.15) is 5.10 Å². The van der Waals surface area contributed by atoms with Crippen molar-refractivity contribution >= 4 is 5.71 Å². The van der Waals surface area contributed by atoms with E-state index in [1.807, 2.05) is 0 Å². The van der Waals surface area contributed by atoms with E-state index in [2.05, 4.69) is 95.7 Å². The van der Waals surface area contributed by atoms with E-state index in [1.54, 1.807) is 0 Å². The van der Waals surface area contributed by atoms with Crippen LogP contribution in [0.15, 0.2) is 84.0 Å². The van der Waals surface area contributed by atoms with Gasteiger partial charge in [0.05, 0.1) is 11.8 Å². The zero-order valence-electron chi connectivity index (χ0n) is 18.6. The number of nitrogens with zero attached hydrogens (tertiary/aromatic N) is 3. The van der Waals surface area contributed by atoms with E-state index >= 15 is 0 Å². The zero-order chi connectivity index (χ0) is 21.5. The molecule has 3 aliphatic heterocycles. The Morgan fingerprint density at radius 3 is 2.25 bits per heavy atom. The van der Waals surface area contributed by atoms with Gasteiger partial charge in [-0.3, -0.25) is 0 Å². The number of hydrazone groups is 1. The second-order valence-electron chi connectivity index (χ2n) is 9.07. The van der Waals surface area contributed by atoms with Crippen LogP contribution < -0.4 is 4.74 Å². The van der Waals surface area contributed by atoms with Gasteiger partial charge in [0, 0.05) is 37.9 Å². The van der Waals surface area contributed by atoms with Crippen LogP contribution >= 0.6 is 0 Å². The number of hydrogen-bond donors (Lipinski definition) is 0. The lowest BCUT2D eigenvalue weighted by Gasteiger charge is -2.51. The first-order valence-electron chi connectivity index (χ1n) is 11.8. The fourth-order valence-electron chi connectivity index (χ4n) is 5.44. The summed E-state index contributed by atoms with van der Waals surface area (Å²) in [6.07, 6.45) is 2.88. The molecule has 0 amide bonds. The Morgan fingerprint density at radius 1 is 0.844 bits per heavy atom. The fraction of sp³-hybridized carbons (Fsp3) is 0.321. The van der Waals surface area contributed by atoms with Gasteiger partial charge >= 0.3 is 0 Å². The Balaban J connectivity index is 1.34. The maximum atomic E-state index is 6.72. The van der Waals surface area contributed by atoms with Crippen LogP contribution in [-0.4, -0.2) is 41.0 Å². The minimum Gasteiger partial charge on any atom is -0.466 e. The maximum absolute atomic E-state index is 6.72. The summed E-state index contributed by atoms with van der Waals surface area (Å²) in [4.78, 5) is 2.51. The number of rotatable bonds is 3. The Bertz CT molecular complexity index is 1130. The van der Waals surface area contributed by atoms with Crippen molar-refractivity contribution in [3.63, 3.8) is 0 Å². The third-order valence-electron chi connectivity index (χ3n) is 7.32. The van der Waals surface area contributed by atoms with E-state index in [1.165, 1.54) is 22.3 Å². The maximum Gasteiger partial charge on any atom is 0.200 e.